The average molecular weight is 442 g/mol. The zero-order chi connectivity index (χ0) is 21.1. The number of anilines is 1. The normalized spacial score (nSPS) is 12.9. The van der Waals surface area contributed by atoms with Crippen LogP contribution in [-0.2, 0) is 9.59 Å². The van der Waals surface area contributed by atoms with Gasteiger partial charge in [0.1, 0.15) is 11.1 Å². The summed E-state index contributed by atoms with van der Waals surface area (Å²) in [5.74, 6) is -1.73. The molecule has 5 nitrogen and oxygen atoms in total. The van der Waals surface area contributed by atoms with E-state index in [1.165, 1.54) is 4.90 Å². The number of halogens is 2. The first kappa shape index (κ1) is 22.4. The molecule has 0 radical (unpaired) electrons. The minimum Gasteiger partial charge on any atom is -0.478 e. The number of aliphatic hydroxyl groups is 1. The summed E-state index contributed by atoms with van der Waals surface area (Å²) in [6, 6.07) is 8.47. The summed E-state index contributed by atoms with van der Waals surface area (Å²) in [6.07, 6.45) is 0.691. The van der Waals surface area contributed by atoms with Crippen LogP contribution in [0.5, 0.6) is 0 Å². The highest BCUT2D eigenvalue weighted by Crippen LogP contribution is 2.42. The Morgan fingerprint density at radius 3 is 2.39 bits per heavy atom. The van der Waals surface area contributed by atoms with Gasteiger partial charge in [-0.25, -0.2) is 4.79 Å². The zero-order valence-electron chi connectivity index (χ0n) is 15.6. The van der Waals surface area contributed by atoms with Gasteiger partial charge in [0.15, 0.2) is 0 Å². The van der Waals surface area contributed by atoms with Crippen LogP contribution >= 0.6 is 34.5 Å². The molecule has 0 saturated heterocycles. The van der Waals surface area contributed by atoms with Gasteiger partial charge >= 0.3 is 5.97 Å². The van der Waals surface area contributed by atoms with Crippen molar-refractivity contribution < 1.29 is 19.8 Å². The third kappa shape index (κ3) is 5.82. The SMILES string of the molecule is CC(C)(C)CN(C(=O)/C=C/C(=O)O)c1sc(Cl)cc1C(O)c1ccccc1Cl. The Labute approximate surface area is 177 Å². The van der Waals surface area contributed by atoms with Gasteiger partial charge < -0.3 is 10.2 Å². The molecule has 2 N–H and O–H groups in total. The molecule has 150 valence electrons. The van der Waals surface area contributed by atoms with Gasteiger partial charge in [-0.3, -0.25) is 9.69 Å². The number of aliphatic carboxylic acids is 1. The van der Waals surface area contributed by atoms with Crippen LogP contribution in [-0.4, -0.2) is 28.6 Å². The fourth-order valence-electron chi connectivity index (χ4n) is 2.59. The van der Waals surface area contributed by atoms with E-state index in [0.29, 0.717) is 32.0 Å². The minimum atomic E-state index is -1.22. The topological polar surface area (TPSA) is 77.8 Å². The Morgan fingerprint density at radius 1 is 1.18 bits per heavy atom. The van der Waals surface area contributed by atoms with E-state index in [1.807, 2.05) is 20.8 Å². The van der Waals surface area contributed by atoms with Gasteiger partial charge in [-0.1, -0.05) is 62.2 Å². The number of nitrogens with zero attached hydrogens (tertiary/aromatic N) is 1. The number of aliphatic hydroxyl groups excluding tert-OH is 1. The second-order valence-electron chi connectivity index (χ2n) is 7.39. The van der Waals surface area contributed by atoms with Gasteiger partial charge in [0.25, 0.3) is 5.91 Å². The summed E-state index contributed by atoms with van der Waals surface area (Å²) in [7, 11) is 0. The second kappa shape index (κ2) is 9.09. The van der Waals surface area contributed by atoms with Crippen LogP contribution in [0.4, 0.5) is 5.00 Å². The van der Waals surface area contributed by atoms with Gasteiger partial charge in [-0.05, 0) is 17.5 Å². The lowest BCUT2D eigenvalue weighted by Crippen LogP contribution is -2.37. The van der Waals surface area contributed by atoms with E-state index in [-0.39, 0.29) is 5.41 Å². The molecule has 2 rings (SSSR count). The van der Waals surface area contributed by atoms with Crippen molar-refractivity contribution in [3.8, 4) is 0 Å². The largest absolute Gasteiger partial charge is 0.478 e. The maximum Gasteiger partial charge on any atom is 0.328 e. The van der Waals surface area contributed by atoms with Gasteiger partial charge in [-0.2, -0.15) is 0 Å². The summed E-state index contributed by atoms with van der Waals surface area (Å²) < 4.78 is 0.394. The predicted molar refractivity (Wildman–Crippen MR) is 113 cm³/mol. The van der Waals surface area contributed by atoms with Gasteiger partial charge in [0, 0.05) is 34.8 Å². The standard InChI is InChI=1S/C20H21Cl2NO4S/c1-20(2,3)11-23(16(24)8-9-17(25)26)19-13(10-15(22)28-19)18(27)12-6-4-5-7-14(12)21/h4-10,18,27H,11H2,1-3H3,(H,25,26)/b9-8+. The number of amides is 1. The Hall–Kier alpha value is -1.86. The molecule has 1 atom stereocenters. The van der Waals surface area contributed by atoms with Crippen molar-refractivity contribution in [3.63, 3.8) is 0 Å². The smallest absolute Gasteiger partial charge is 0.328 e. The summed E-state index contributed by atoms with van der Waals surface area (Å²) in [6.45, 7) is 6.16. The van der Waals surface area contributed by atoms with Gasteiger partial charge in [0.2, 0.25) is 0 Å². The van der Waals surface area contributed by atoms with E-state index in [1.54, 1.807) is 30.3 Å². The van der Waals surface area contributed by atoms with E-state index in [2.05, 4.69) is 0 Å². The number of carbonyl (C=O) groups excluding carboxylic acids is 1. The zero-order valence-corrected chi connectivity index (χ0v) is 18.0. The molecule has 0 fully saturated rings. The molecule has 1 aromatic heterocycles. The fraction of sp³-hybridized carbons (Fsp3) is 0.300. The summed E-state index contributed by atoms with van der Waals surface area (Å²) in [4.78, 5) is 25.0. The van der Waals surface area contributed by atoms with Crippen molar-refractivity contribution in [2.45, 2.75) is 26.9 Å². The third-order valence-corrected chi connectivity index (χ3v) is 5.36. The molecule has 0 aliphatic heterocycles. The van der Waals surface area contributed by atoms with Crippen molar-refractivity contribution in [2.75, 3.05) is 11.4 Å². The van der Waals surface area contributed by atoms with Crippen molar-refractivity contribution in [1.29, 1.82) is 0 Å². The van der Waals surface area contributed by atoms with Crippen LogP contribution in [0, 0.1) is 5.41 Å². The number of carbonyl (C=O) groups is 2. The summed E-state index contributed by atoms with van der Waals surface area (Å²) in [5.41, 5.74) is 0.643. The molecule has 0 saturated carbocycles. The van der Waals surface area contributed by atoms with Gasteiger partial charge in [0.05, 0.1) is 4.34 Å². The highest BCUT2D eigenvalue weighted by atomic mass is 35.5. The number of hydrogen-bond donors (Lipinski definition) is 2. The van der Waals surface area contributed by atoms with E-state index >= 15 is 0 Å². The average Bonchev–Trinajstić information content (AvgIpc) is 2.98. The molecule has 2 aromatic rings. The minimum absolute atomic E-state index is 0.282. The molecule has 1 amide bonds. The highest BCUT2D eigenvalue weighted by molar-refractivity contribution is 7.20. The van der Waals surface area contributed by atoms with Crippen LogP contribution in [0.25, 0.3) is 0 Å². The monoisotopic (exact) mass is 441 g/mol. The first-order valence-corrected chi connectivity index (χ1v) is 10.0. The molecule has 1 heterocycles. The summed E-state index contributed by atoms with van der Waals surface area (Å²) >= 11 is 13.6. The highest BCUT2D eigenvalue weighted by Gasteiger charge is 2.28. The molecule has 0 spiro atoms. The number of carboxylic acids is 1. The van der Waals surface area contributed by atoms with Crippen molar-refractivity contribution >= 4 is 51.4 Å². The maximum absolute atomic E-state index is 12.7. The number of benzene rings is 1. The van der Waals surface area contributed by atoms with Crippen molar-refractivity contribution in [3.05, 3.63) is 63.0 Å². The van der Waals surface area contributed by atoms with Crippen LogP contribution in [0.15, 0.2) is 42.5 Å². The van der Waals surface area contributed by atoms with Crippen LogP contribution < -0.4 is 4.90 Å². The fourth-order valence-corrected chi connectivity index (χ4v) is 4.09. The molecule has 8 heteroatoms. The maximum atomic E-state index is 12.7. The van der Waals surface area contributed by atoms with Crippen LogP contribution in [0.2, 0.25) is 9.36 Å². The van der Waals surface area contributed by atoms with Gasteiger partial charge in [-0.15, -0.1) is 11.3 Å². The molecule has 1 aromatic carbocycles. The Balaban J connectivity index is 2.53. The number of carboxylic acid groups (broad SMARTS) is 1. The van der Waals surface area contributed by atoms with Crippen molar-refractivity contribution in [1.82, 2.24) is 0 Å². The van der Waals surface area contributed by atoms with Crippen LogP contribution in [0.3, 0.4) is 0 Å². The Kier molecular flexibility index (Phi) is 7.28. The van der Waals surface area contributed by atoms with E-state index in [0.717, 1.165) is 23.5 Å². The quantitative estimate of drug-likeness (QED) is 0.606. The number of rotatable bonds is 6. The van der Waals surface area contributed by atoms with E-state index < -0.39 is 18.0 Å². The van der Waals surface area contributed by atoms with Crippen LogP contribution in [0.1, 0.15) is 38.0 Å². The Bertz CT molecular complexity index is 902. The number of thiophene rings is 1. The molecule has 0 aliphatic rings. The first-order chi connectivity index (χ1) is 13.0. The molecular weight excluding hydrogens is 421 g/mol. The first-order valence-electron chi connectivity index (χ1n) is 8.44. The molecule has 0 bridgehead atoms. The number of hydrogen-bond acceptors (Lipinski definition) is 4. The lowest BCUT2D eigenvalue weighted by molar-refractivity contribution is -0.131. The summed E-state index contributed by atoms with van der Waals surface area (Å²) in [5, 5.41) is 20.6. The third-order valence-electron chi connectivity index (χ3n) is 3.72. The van der Waals surface area contributed by atoms with Crippen molar-refractivity contribution in [2.24, 2.45) is 5.41 Å². The Morgan fingerprint density at radius 2 is 1.82 bits per heavy atom. The molecule has 28 heavy (non-hydrogen) atoms. The van der Waals surface area contributed by atoms with E-state index in [9.17, 15) is 14.7 Å². The molecule has 1 unspecified atom stereocenters. The molecular formula is C20H21Cl2NO4S. The second-order valence-corrected chi connectivity index (χ2v) is 9.46. The lowest BCUT2D eigenvalue weighted by Gasteiger charge is -2.30. The molecule has 0 aliphatic carbocycles. The lowest BCUT2D eigenvalue weighted by atomic mass is 9.95. The van der Waals surface area contributed by atoms with E-state index in [4.69, 9.17) is 28.3 Å². The predicted octanol–water partition coefficient (Wildman–Crippen LogP) is 5.16.